The van der Waals surface area contributed by atoms with E-state index in [2.05, 4.69) is 15.1 Å². The number of hydrogen-bond donors (Lipinski definition) is 1. The summed E-state index contributed by atoms with van der Waals surface area (Å²) in [5.41, 5.74) is 7.08. The first-order valence-electron chi connectivity index (χ1n) is 4.91. The van der Waals surface area contributed by atoms with E-state index in [1.165, 1.54) is 0 Å². The Hall–Kier alpha value is -2.63. The van der Waals surface area contributed by atoms with Crippen LogP contribution in [0.4, 0.5) is 5.82 Å². The fourth-order valence-electron chi connectivity index (χ4n) is 1.43. The fourth-order valence-corrected chi connectivity index (χ4v) is 1.43. The van der Waals surface area contributed by atoms with Crippen molar-refractivity contribution in [2.24, 2.45) is 0 Å². The molecule has 0 aliphatic rings. The van der Waals surface area contributed by atoms with Gasteiger partial charge in [0.25, 0.3) is 5.89 Å². The summed E-state index contributed by atoms with van der Waals surface area (Å²) in [6.07, 6.45) is 4.69. The molecule has 0 unspecified atom stereocenters. The number of aromatic nitrogens is 3. The minimum absolute atomic E-state index is 0.398. The van der Waals surface area contributed by atoms with Crippen LogP contribution in [0.5, 0.6) is 0 Å². The van der Waals surface area contributed by atoms with E-state index in [-0.39, 0.29) is 0 Å². The molecular weight excluding hydrogens is 220 g/mol. The summed E-state index contributed by atoms with van der Waals surface area (Å²) in [7, 11) is 0. The Morgan fingerprint density at radius 3 is 2.88 bits per heavy atom. The maximum Gasteiger partial charge on any atom is 0.258 e. The highest BCUT2D eigenvalue weighted by Crippen LogP contribution is 2.22. The first-order chi connectivity index (χ1) is 8.33. The van der Waals surface area contributed by atoms with Gasteiger partial charge in [-0.15, -0.1) is 0 Å². The maximum atomic E-state index is 5.58. The van der Waals surface area contributed by atoms with Gasteiger partial charge in [-0.05, 0) is 18.2 Å². The number of nitrogen functional groups attached to an aromatic ring is 1. The van der Waals surface area contributed by atoms with E-state index in [4.69, 9.17) is 14.7 Å². The second kappa shape index (κ2) is 3.75. The summed E-state index contributed by atoms with van der Waals surface area (Å²) >= 11 is 0. The van der Waals surface area contributed by atoms with Crippen molar-refractivity contribution in [3.8, 4) is 22.8 Å². The average molecular weight is 228 g/mol. The minimum atomic E-state index is 0.398. The van der Waals surface area contributed by atoms with Gasteiger partial charge in [0.1, 0.15) is 12.1 Å². The molecule has 0 aliphatic heterocycles. The lowest BCUT2D eigenvalue weighted by molar-refractivity contribution is 0.432. The van der Waals surface area contributed by atoms with E-state index in [9.17, 15) is 0 Å². The maximum absolute atomic E-state index is 5.58. The van der Waals surface area contributed by atoms with Gasteiger partial charge in [-0.3, -0.25) is 0 Å². The monoisotopic (exact) mass is 228 g/mol. The lowest BCUT2D eigenvalue weighted by Crippen LogP contribution is -1.89. The zero-order valence-electron chi connectivity index (χ0n) is 8.70. The third kappa shape index (κ3) is 1.76. The SMILES string of the molecule is Nc1cc(-c2nc(-c3ccoc3)no2)ccn1. The molecule has 84 valence electrons. The van der Waals surface area contributed by atoms with E-state index in [1.54, 1.807) is 36.9 Å². The van der Waals surface area contributed by atoms with Crippen LogP contribution >= 0.6 is 0 Å². The summed E-state index contributed by atoms with van der Waals surface area (Å²) in [6.45, 7) is 0. The number of pyridine rings is 1. The van der Waals surface area contributed by atoms with Crippen LogP contribution in [0, 0.1) is 0 Å². The normalized spacial score (nSPS) is 10.6. The Kier molecular flexibility index (Phi) is 2.11. The first-order valence-corrected chi connectivity index (χ1v) is 4.91. The molecule has 3 aromatic rings. The molecule has 0 atom stereocenters. The van der Waals surface area contributed by atoms with Crippen molar-refractivity contribution >= 4 is 5.82 Å². The van der Waals surface area contributed by atoms with Gasteiger partial charge in [-0.2, -0.15) is 4.98 Å². The summed E-state index contributed by atoms with van der Waals surface area (Å²) in [6, 6.07) is 5.19. The van der Waals surface area contributed by atoms with Crippen LogP contribution in [0.15, 0.2) is 45.9 Å². The van der Waals surface area contributed by atoms with E-state index < -0.39 is 0 Å². The number of nitrogens with zero attached hydrogens (tertiary/aromatic N) is 3. The lowest BCUT2D eigenvalue weighted by Gasteiger charge is -1.94. The summed E-state index contributed by atoms with van der Waals surface area (Å²) in [5, 5.41) is 3.86. The van der Waals surface area contributed by atoms with E-state index in [1.807, 2.05) is 0 Å². The zero-order chi connectivity index (χ0) is 11.7. The highest BCUT2D eigenvalue weighted by molar-refractivity contribution is 5.60. The molecular formula is C11H8N4O2. The molecule has 0 fully saturated rings. The van der Waals surface area contributed by atoms with Gasteiger partial charge in [-0.1, -0.05) is 5.16 Å². The van der Waals surface area contributed by atoms with Crippen LogP contribution in [0.25, 0.3) is 22.8 Å². The molecule has 0 bridgehead atoms. The van der Waals surface area contributed by atoms with Crippen LogP contribution in [0.3, 0.4) is 0 Å². The van der Waals surface area contributed by atoms with Crippen LogP contribution in [0.2, 0.25) is 0 Å². The van der Waals surface area contributed by atoms with E-state index >= 15 is 0 Å². The smallest absolute Gasteiger partial charge is 0.258 e. The Morgan fingerprint density at radius 2 is 2.12 bits per heavy atom. The lowest BCUT2D eigenvalue weighted by atomic mass is 10.2. The van der Waals surface area contributed by atoms with E-state index in [0.29, 0.717) is 17.5 Å². The molecule has 0 amide bonds. The largest absolute Gasteiger partial charge is 0.472 e. The Balaban J connectivity index is 2.01. The van der Waals surface area contributed by atoms with Gasteiger partial charge in [0.2, 0.25) is 5.82 Å². The number of rotatable bonds is 2. The van der Waals surface area contributed by atoms with Gasteiger partial charge in [0.05, 0.1) is 11.8 Å². The highest BCUT2D eigenvalue weighted by atomic mass is 16.5. The topological polar surface area (TPSA) is 91.0 Å². The Bertz CT molecular complexity index is 630. The number of hydrogen-bond acceptors (Lipinski definition) is 6. The molecule has 0 spiro atoms. The molecule has 6 nitrogen and oxygen atoms in total. The molecule has 3 heterocycles. The van der Waals surface area contributed by atoms with Crippen molar-refractivity contribution in [3.63, 3.8) is 0 Å². The molecule has 3 rings (SSSR count). The molecule has 0 saturated heterocycles. The average Bonchev–Trinajstić information content (AvgIpc) is 3.00. The highest BCUT2D eigenvalue weighted by Gasteiger charge is 2.11. The van der Waals surface area contributed by atoms with Crippen molar-refractivity contribution < 1.29 is 8.94 Å². The van der Waals surface area contributed by atoms with Crippen molar-refractivity contribution in [3.05, 3.63) is 36.9 Å². The standard InChI is InChI=1S/C11H8N4O2/c12-9-5-7(1-3-13-9)11-14-10(15-17-11)8-2-4-16-6-8/h1-6H,(H2,12,13). The van der Waals surface area contributed by atoms with Crippen molar-refractivity contribution in [2.45, 2.75) is 0 Å². The predicted molar refractivity (Wildman–Crippen MR) is 59.6 cm³/mol. The summed E-state index contributed by atoms with van der Waals surface area (Å²) in [5.74, 6) is 1.28. The molecule has 6 heteroatoms. The zero-order valence-corrected chi connectivity index (χ0v) is 8.70. The summed E-state index contributed by atoms with van der Waals surface area (Å²) in [4.78, 5) is 8.14. The predicted octanol–water partition coefficient (Wildman–Crippen LogP) is 1.97. The van der Waals surface area contributed by atoms with Crippen LogP contribution in [-0.2, 0) is 0 Å². The second-order valence-electron chi connectivity index (χ2n) is 3.40. The summed E-state index contributed by atoms with van der Waals surface area (Å²) < 4.78 is 10.1. The minimum Gasteiger partial charge on any atom is -0.472 e. The van der Waals surface area contributed by atoms with Crippen LogP contribution in [-0.4, -0.2) is 15.1 Å². The van der Waals surface area contributed by atoms with Crippen LogP contribution < -0.4 is 5.73 Å². The molecule has 0 saturated carbocycles. The third-order valence-corrected chi connectivity index (χ3v) is 2.23. The van der Waals surface area contributed by atoms with Crippen LogP contribution in [0.1, 0.15) is 0 Å². The van der Waals surface area contributed by atoms with Gasteiger partial charge in [0, 0.05) is 11.8 Å². The van der Waals surface area contributed by atoms with Gasteiger partial charge in [0.15, 0.2) is 0 Å². The molecule has 0 aliphatic carbocycles. The fraction of sp³-hybridized carbons (Fsp3) is 0. The number of furan rings is 1. The first kappa shape index (κ1) is 9.59. The number of anilines is 1. The number of nitrogens with two attached hydrogens (primary N) is 1. The van der Waals surface area contributed by atoms with Crippen molar-refractivity contribution in [1.29, 1.82) is 0 Å². The Morgan fingerprint density at radius 1 is 1.18 bits per heavy atom. The van der Waals surface area contributed by atoms with Gasteiger partial charge >= 0.3 is 0 Å². The van der Waals surface area contributed by atoms with Crippen molar-refractivity contribution in [1.82, 2.24) is 15.1 Å². The molecule has 17 heavy (non-hydrogen) atoms. The van der Waals surface area contributed by atoms with E-state index in [0.717, 1.165) is 11.1 Å². The second-order valence-corrected chi connectivity index (χ2v) is 3.40. The third-order valence-electron chi connectivity index (χ3n) is 2.23. The Labute approximate surface area is 96.1 Å². The molecule has 2 N–H and O–H groups in total. The van der Waals surface area contributed by atoms with Gasteiger partial charge < -0.3 is 14.7 Å². The molecule has 0 aromatic carbocycles. The quantitative estimate of drug-likeness (QED) is 0.721. The molecule has 3 aromatic heterocycles. The van der Waals surface area contributed by atoms with Gasteiger partial charge in [-0.25, -0.2) is 4.98 Å². The van der Waals surface area contributed by atoms with Crippen molar-refractivity contribution in [2.75, 3.05) is 5.73 Å². The molecule has 0 radical (unpaired) electrons.